The van der Waals surface area contributed by atoms with Gasteiger partial charge in [-0.25, -0.2) is 0 Å². The quantitative estimate of drug-likeness (QED) is 0.832. The SMILES string of the molecule is Cc1cc(C(=O)NC23CC(C2)C3)ccc1I. The lowest BCUT2D eigenvalue weighted by atomic mass is 9.50. The van der Waals surface area contributed by atoms with Crippen molar-refractivity contribution >= 4 is 28.5 Å². The molecule has 1 aromatic carbocycles. The van der Waals surface area contributed by atoms with Gasteiger partial charge in [0.1, 0.15) is 0 Å². The van der Waals surface area contributed by atoms with Gasteiger partial charge in [-0.1, -0.05) is 0 Å². The van der Waals surface area contributed by atoms with Gasteiger partial charge in [0.05, 0.1) is 0 Å². The number of carbonyl (C=O) groups is 1. The summed E-state index contributed by atoms with van der Waals surface area (Å²) in [5.74, 6) is 0.997. The van der Waals surface area contributed by atoms with Gasteiger partial charge < -0.3 is 5.32 Å². The van der Waals surface area contributed by atoms with E-state index in [2.05, 4.69) is 27.9 Å². The molecule has 84 valence electrons. The van der Waals surface area contributed by atoms with Crippen molar-refractivity contribution in [2.24, 2.45) is 5.92 Å². The van der Waals surface area contributed by atoms with Crippen LogP contribution >= 0.6 is 22.6 Å². The van der Waals surface area contributed by atoms with Gasteiger partial charge in [-0.2, -0.15) is 0 Å². The summed E-state index contributed by atoms with van der Waals surface area (Å²) in [4.78, 5) is 12.0. The molecule has 3 fully saturated rings. The molecule has 0 unspecified atom stereocenters. The van der Waals surface area contributed by atoms with Crippen LogP contribution in [0.5, 0.6) is 0 Å². The highest BCUT2D eigenvalue weighted by Gasteiger charge is 2.57. The fourth-order valence-corrected chi connectivity index (χ4v) is 3.07. The third-order valence-corrected chi connectivity index (χ3v) is 5.05. The molecular weight excluding hydrogens is 313 g/mol. The van der Waals surface area contributed by atoms with Crippen molar-refractivity contribution in [2.75, 3.05) is 0 Å². The molecule has 3 saturated carbocycles. The van der Waals surface area contributed by atoms with Crippen molar-refractivity contribution in [3.63, 3.8) is 0 Å². The first-order valence-electron chi connectivity index (χ1n) is 5.67. The van der Waals surface area contributed by atoms with Crippen LogP contribution in [0.25, 0.3) is 0 Å². The lowest BCUT2D eigenvalue weighted by molar-refractivity contribution is -0.0438. The fraction of sp³-hybridized carbons (Fsp3) is 0.462. The molecule has 4 rings (SSSR count). The summed E-state index contributed by atoms with van der Waals surface area (Å²) in [6, 6.07) is 5.89. The Bertz CT molecular complexity index is 452. The average Bonchev–Trinajstić information content (AvgIpc) is 2.13. The van der Waals surface area contributed by atoms with Crippen molar-refractivity contribution in [3.8, 4) is 0 Å². The summed E-state index contributed by atoms with van der Waals surface area (Å²) >= 11 is 2.29. The predicted molar refractivity (Wildman–Crippen MR) is 71.4 cm³/mol. The lowest BCUT2D eigenvalue weighted by Crippen LogP contribution is -2.68. The van der Waals surface area contributed by atoms with E-state index in [4.69, 9.17) is 0 Å². The zero-order valence-corrected chi connectivity index (χ0v) is 11.4. The highest BCUT2D eigenvalue weighted by Crippen LogP contribution is 2.56. The van der Waals surface area contributed by atoms with E-state index in [-0.39, 0.29) is 11.4 Å². The van der Waals surface area contributed by atoms with Crippen molar-refractivity contribution in [1.82, 2.24) is 5.32 Å². The van der Waals surface area contributed by atoms with E-state index in [1.807, 2.05) is 25.1 Å². The Kier molecular flexibility index (Phi) is 2.28. The zero-order chi connectivity index (χ0) is 11.3. The lowest BCUT2D eigenvalue weighted by Gasteiger charge is -2.61. The Balaban J connectivity index is 1.75. The second-order valence-corrected chi connectivity index (χ2v) is 6.34. The monoisotopic (exact) mass is 327 g/mol. The van der Waals surface area contributed by atoms with Crippen LogP contribution in [0.1, 0.15) is 35.2 Å². The molecule has 16 heavy (non-hydrogen) atoms. The smallest absolute Gasteiger partial charge is 0.251 e. The van der Waals surface area contributed by atoms with Crippen LogP contribution in [0.2, 0.25) is 0 Å². The summed E-state index contributed by atoms with van der Waals surface area (Å²) in [7, 11) is 0. The molecule has 1 aromatic rings. The van der Waals surface area contributed by atoms with Crippen LogP contribution < -0.4 is 5.32 Å². The number of nitrogens with one attached hydrogen (secondary N) is 1. The van der Waals surface area contributed by atoms with E-state index in [1.54, 1.807) is 0 Å². The molecule has 0 atom stereocenters. The summed E-state index contributed by atoms with van der Waals surface area (Å²) in [6.07, 6.45) is 3.59. The topological polar surface area (TPSA) is 29.1 Å². The minimum absolute atomic E-state index is 0.0950. The van der Waals surface area contributed by atoms with E-state index in [0.717, 1.165) is 11.5 Å². The third-order valence-electron chi connectivity index (χ3n) is 3.84. The molecule has 3 aliphatic rings. The number of halogens is 1. The van der Waals surface area contributed by atoms with E-state index in [1.165, 1.54) is 28.4 Å². The largest absolute Gasteiger partial charge is 0.347 e. The zero-order valence-electron chi connectivity index (χ0n) is 9.22. The second kappa shape index (κ2) is 3.45. The average molecular weight is 327 g/mol. The molecule has 3 aliphatic carbocycles. The van der Waals surface area contributed by atoms with Crippen LogP contribution in [0.4, 0.5) is 0 Å². The highest BCUT2D eigenvalue weighted by molar-refractivity contribution is 14.1. The standard InChI is InChI=1S/C13H14INO/c1-8-4-10(2-3-11(8)14)12(16)15-13-5-9(6-13)7-13/h2-4,9H,5-7H2,1H3,(H,15,16). The Hall–Kier alpha value is -0.580. The van der Waals surface area contributed by atoms with Crippen molar-refractivity contribution in [2.45, 2.75) is 31.7 Å². The Labute approximate surface area is 109 Å². The minimum Gasteiger partial charge on any atom is -0.347 e. The molecule has 1 amide bonds. The molecule has 0 saturated heterocycles. The van der Waals surface area contributed by atoms with Gasteiger partial charge in [0, 0.05) is 14.7 Å². The number of benzene rings is 1. The second-order valence-electron chi connectivity index (χ2n) is 5.18. The predicted octanol–water partition coefficient (Wildman–Crippen LogP) is 2.88. The number of hydrogen-bond acceptors (Lipinski definition) is 1. The van der Waals surface area contributed by atoms with Gasteiger partial charge in [-0.3, -0.25) is 4.79 Å². The Morgan fingerprint density at radius 2 is 2.12 bits per heavy atom. The van der Waals surface area contributed by atoms with E-state index < -0.39 is 0 Å². The number of hydrogen-bond donors (Lipinski definition) is 1. The van der Waals surface area contributed by atoms with Crippen LogP contribution in [-0.4, -0.2) is 11.4 Å². The Morgan fingerprint density at radius 3 is 2.62 bits per heavy atom. The molecule has 0 radical (unpaired) electrons. The summed E-state index contributed by atoms with van der Waals surface area (Å²) in [5, 5.41) is 3.18. The van der Waals surface area contributed by atoms with Gasteiger partial charge in [0.15, 0.2) is 0 Å². The van der Waals surface area contributed by atoms with Crippen molar-refractivity contribution in [3.05, 3.63) is 32.9 Å². The van der Waals surface area contributed by atoms with Gasteiger partial charge >= 0.3 is 0 Å². The summed E-state index contributed by atoms with van der Waals surface area (Å²) < 4.78 is 1.21. The first-order valence-corrected chi connectivity index (χ1v) is 6.75. The summed E-state index contributed by atoms with van der Waals surface area (Å²) in [5.41, 5.74) is 2.15. The van der Waals surface area contributed by atoms with E-state index in [9.17, 15) is 4.79 Å². The fourth-order valence-electron chi connectivity index (χ4n) is 2.73. The molecule has 0 spiro atoms. The first kappa shape index (κ1) is 10.6. The van der Waals surface area contributed by atoms with Gasteiger partial charge in [-0.15, -0.1) is 0 Å². The van der Waals surface area contributed by atoms with Crippen LogP contribution in [0, 0.1) is 16.4 Å². The highest BCUT2D eigenvalue weighted by atomic mass is 127. The van der Waals surface area contributed by atoms with Crippen LogP contribution in [0.3, 0.4) is 0 Å². The summed E-state index contributed by atoms with van der Waals surface area (Å²) in [6.45, 7) is 2.04. The third kappa shape index (κ3) is 1.56. The number of carbonyl (C=O) groups excluding carboxylic acids is 1. The van der Waals surface area contributed by atoms with Gasteiger partial charge in [0.25, 0.3) is 5.91 Å². The van der Waals surface area contributed by atoms with Crippen molar-refractivity contribution in [1.29, 1.82) is 0 Å². The number of rotatable bonds is 2. The number of aryl methyl sites for hydroxylation is 1. The molecule has 0 aromatic heterocycles. The van der Waals surface area contributed by atoms with Gasteiger partial charge in [-0.05, 0) is 78.5 Å². The molecule has 2 nitrogen and oxygen atoms in total. The molecule has 0 aliphatic heterocycles. The molecule has 1 N–H and O–H groups in total. The minimum atomic E-state index is 0.0950. The maximum absolute atomic E-state index is 12.0. The molecule has 2 bridgehead atoms. The maximum Gasteiger partial charge on any atom is 0.251 e. The molecule has 3 heteroatoms. The molecular formula is C13H14INO. The van der Waals surface area contributed by atoms with Crippen molar-refractivity contribution < 1.29 is 4.79 Å². The van der Waals surface area contributed by atoms with Crippen LogP contribution in [-0.2, 0) is 0 Å². The van der Waals surface area contributed by atoms with Gasteiger partial charge in [0.2, 0.25) is 0 Å². The maximum atomic E-state index is 12.0. The van der Waals surface area contributed by atoms with E-state index in [0.29, 0.717) is 0 Å². The van der Waals surface area contributed by atoms with E-state index >= 15 is 0 Å². The Morgan fingerprint density at radius 1 is 1.44 bits per heavy atom. The number of amides is 1. The first-order chi connectivity index (χ1) is 7.58. The normalized spacial score (nSPS) is 30.2. The van der Waals surface area contributed by atoms with Crippen LogP contribution in [0.15, 0.2) is 18.2 Å². The molecule has 0 heterocycles.